The van der Waals surface area contributed by atoms with E-state index < -0.39 is 29.4 Å². The maximum atomic E-state index is 11.8. The maximum Gasteiger partial charge on any atom is 0.330 e. The van der Waals surface area contributed by atoms with Crippen LogP contribution in [0.15, 0.2) is 12.7 Å². The van der Waals surface area contributed by atoms with Crippen molar-refractivity contribution in [3.05, 3.63) is 12.7 Å². The molecule has 7 nitrogen and oxygen atoms in total. The van der Waals surface area contributed by atoms with Gasteiger partial charge < -0.3 is 9.47 Å². The summed E-state index contributed by atoms with van der Waals surface area (Å²) in [6.07, 6.45) is 1.32. The quantitative estimate of drug-likeness (QED) is 0.321. The molecule has 0 saturated carbocycles. The molecule has 114 valence electrons. The van der Waals surface area contributed by atoms with Crippen molar-refractivity contribution in [2.75, 3.05) is 13.2 Å². The molecule has 20 heavy (non-hydrogen) atoms. The molecule has 1 atom stereocenters. The average Bonchev–Trinajstić information content (AvgIpc) is 2.33. The Morgan fingerprint density at radius 2 is 1.75 bits per heavy atom. The van der Waals surface area contributed by atoms with Gasteiger partial charge in [-0.25, -0.2) is 5.48 Å². The van der Waals surface area contributed by atoms with Crippen molar-refractivity contribution in [2.24, 2.45) is 5.92 Å². The summed E-state index contributed by atoms with van der Waals surface area (Å²) in [5.41, 5.74) is 1.39. The highest BCUT2D eigenvalue weighted by Gasteiger charge is 2.37. The molecule has 0 radical (unpaired) electrons. The van der Waals surface area contributed by atoms with Gasteiger partial charge in [-0.1, -0.05) is 12.7 Å². The normalized spacial score (nSPS) is 12.2. The molecule has 0 spiro atoms. The van der Waals surface area contributed by atoms with Crippen LogP contribution in [0, 0.1) is 5.92 Å². The third-order valence-corrected chi connectivity index (χ3v) is 1.82. The molecule has 0 rings (SSSR count). The van der Waals surface area contributed by atoms with Gasteiger partial charge in [-0.3, -0.25) is 19.2 Å². The van der Waals surface area contributed by atoms with Crippen molar-refractivity contribution >= 4 is 17.8 Å². The second kappa shape index (κ2) is 8.31. The fourth-order valence-corrected chi connectivity index (χ4v) is 1.02. The van der Waals surface area contributed by atoms with E-state index in [2.05, 4.69) is 16.8 Å². The Hall–Kier alpha value is -1.89. The Morgan fingerprint density at radius 1 is 1.20 bits per heavy atom. The lowest BCUT2D eigenvalue weighted by atomic mass is 10.1. The monoisotopic (exact) mass is 287 g/mol. The number of esters is 2. The van der Waals surface area contributed by atoms with Crippen LogP contribution in [-0.2, 0) is 28.7 Å². The third-order valence-electron chi connectivity index (χ3n) is 1.82. The van der Waals surface area contributed by atoms with E-state index in [1.807, 2.05) is 0 Å². The molecule has 7 heteroatoms. The Labute approximate surface area is 118 Å². The van der Waals surface area contributed by atoms with Crippen LogP contribution in [0.1, 0.15) is 27.7 Å². The molecule has 0 saturated heterocycles. The molecule has 0 aliphatic carbocycles. The van der Waals surface area contributed by atoms with E-state index in [1.54, 1.807) is 27.7 Å². The van der Waals surface area contributed by atoms with Crippen molar-refractivity contribution in [1.82, 2.24) is 5.48 Å². The topological polar surface area (TPSA) is 90.9 Å². The van der Waals surface area contributed by atoms with Crippen LogP contribution in [-0.4, -0.2) is 36.7 Å². The number of ether oxygens (including phenoxy) is 2. The Kier molecular flexibility index (Phi) is 7.53. The summed E-state index contributed by atoms with van der Waals surface area (Å²) in [5, 5.41) is 0. The van der Waals surface area contributed by atoms with Gasteiger partial charge in [-0.15, -0.1) is 0 Å². The molecule has 0 fully saturated rings. The first-order chi connectivity index (χ1) is 9.22. The van der Waals surface area contributed by atoms with Gasteiger partial charge in [-0.05, 0) is 27.7 Å². The van der Waals surface area contributed by atoms with E-state index in [9.17, 15) is 14.4 Å². The summed E-state index contributed by atoms with van der Waals surface area (Å²) in [5.74, 6) is -4.67. The molecular formula is C13H21NO6. The summed E-state index contributed by atoms with van der Waals surface area (Å²) in [6, 6.07) is 0. The van der Waals surface area contributed by atoms with Crippen LogP contribution in [0.4, 0.5) is 0 Å². The van der Waals surface area contributed by atoms with E-state index in [0.29, 0.717) is 0 Å². The molecule has 0 heterocycles. The standard InChI is InChI=1S/C13H21NO6/c1-6-8-19-12(17)9(11(16)18-7-2)10(15)14-20-13(3,4)5/h6,9H,1,7-8H2,2-5H3,(H,14,15). The fourth-order valence-electron chi connectivity index (χ4n) is 1.02. The highest BCUT2D eigenvalue weighted by Crippen LogP contribution is 2.08. The van der Waals surface area contributed by atoms with Crippen LogP contribution in [0.3, 0.4) is 0 Å². The van der Waals surface area contributed by atoms with Gasteiger partial charge in [0.2, 0.25) is 5.92 Å². The summed E-state index contributed by atoms with van der Waals surface area (Å²) < 4.78 is 9.38. The van der Waals surface area contributed by atoms with Crippen molar-refractivity contribution in [3.8, 4) is 0 Å². The molecule has 0 aliphatic rings. The number of hydrogen-bond acceptors (Lipinski definition) is 6. The predicted molar refractivity (Wildman–Crippen MR) is 70.3 cm³/mol. The minimum Gasteiger partial charge on any atom is -0.465 e. The number of carbonyl (C=O) groups excluding carboxylic acids is 3. The molecule has 1 N–H and O–H groups in total. The van der Waals surface area contributed by atoms with Crippen LogP contribution in [0.25, 0.3) is 0 Å². The van der Waals surface area contributed by atoms with Gasteiger partial charge in [-0.2, -0.15) is 0 Å². The van der Waals surface area contributed by atoms with Crippen molar-refractivity contribution in [3.63, 3.8) is 0 Å². The molecule has 0 bridgehead atoms. The third kappa shape index (κ3) is 6.89. The largest absolute Gasteiger partial charge is 0.465 e. The summed E-state index contributed by atoms with van der Waals surface area (Å²) in [6.45, 7) is 9.95. The first-order valence-electron chi connectivity index (χ1n) is 6.15. The molecule has 1 amide bonds. The summed E-state index contributed by atoms with van der Waals surface area (Å²) in [4.78, 5) is 40.2. The second-order valence-corrected chi connectivity index (χ2v) is 4.78. The number of carbonyl (C=O) groups is 3. The van der Waals surface area contributed by atoms with Crippen molar-refractivity contribution < 1.29 is 28.7 Å². The molecule has 1 unspecified atom stereocenters. The van der Waals surface area contributed by atoms with Gasteiger partial charge in [0.05, 0.1) is 12.2 Å². The second-order valence-electron chi connectivity index (χ2n) is 4.78. The number of hydroxylamine groups is 1. The van der Waals surface area contributed by atoms with Gasteiger partial charge in [0.25, 0.3) is 5.91 Å². The molecule has 0 aromatic heterocycles. The Morgan fingerprint density at radius 3 is 2.20 bits per heavy atom. The van der Waals surface area contributed by atoms with Crippen molar-refractivity contribution in [1.29, 1.82) is 0 Å². The molecular weight excluding hydrogens is 266 g/mol. The van der Waals surface area contributed by atoms with Crippen LogP contribution in [0.2, 0.25) is 0 Å². The minimum absolute atomic E-state index is 0.0392. The zero-order valence-corrected chi connectivity index (χ0v) is 12.2. The van der Waals surface area contributed by atoms with Crippen LogP contribution < -0.4 is 5.48 Å². The summed E-state index contributed by atoms with van der Waals surface area (Å²) >= 11 is 0. The fraction of sp³-hybridized carbons (Fsp3) is 0.615. The van der Waals surface area contributed by atoms with E-state index in [0.717, 1.165) is 0 Å². The van der Waals surface area contributed by atoms with Crippen molar-refractivity contribution in [2.45, 2.75) is 33.3 Å². The zero-order valence-electron chi connectivity index (χ0n) is 12.2. The number of nitrogens with one attached hydrogen (secondary N) is 1. The lowest BCUT2D eigenvalue weighted by molar-refractivity contribution is -0.171. The number of amides is 1. The van der Waals surface area contributed by atoms with E-state index in [4.69, 9.17) is 9.57 Å². The smallest absolute Gasteiger partial charge is 0.330 e. The van der Waals surface area contributed by atoms with E-state index in [-0.39, 0.29) is 13.2 Å². The first kappa shape index (κ1) is 18.1. The lowest BCUT2D eigenvalue weighted by Crippen LogP contribution is -2.44. The SMILES string of the molecule is C=CCOC(=O)C(C(=O)NOC(C)(C)C)C(=O)OCC. The van der Waals surface area contributed by atoms with Gasteiger partial charge in [0.1, 0.15) is 6.61 Å². The number of hydrogen-bond donors (Lipinski definition) is 1. The highest BCUT2D eigenvalue weighted by atomic mass is 16.7. The highest BCUT2D eigenvalue weighted by molar-refractivity contribution is 6.14. The molecule has 0 aliphatic heterocycles. The predicted octanol–water partition coefficient (Wildman–Crippen LogP) is 0.741. The molecule has 0 aromatic rings. The van der Waals surface area contributed by atoms with Gasteiger partial charge in [0, 0.05) is 0 Å². The van der Waals surface area contributed by atoms with E-state index in [1.165, 1.54) is 6.08 Å². The number of rotatable bonds is 7. The average molecular weight is 287 g/mol. The maximum absolute atomic E-state index is 11.8. The van der Waals surface area contributed by atoms with E-state index >= 15 is 0 Å². The van der Waals surface area contributed by atoms with Crippen LogP contribution >= 0.6 is 0 Å². The lowest BCUT2D eigenvalue weighted by Gasteiger charge is -2.21. The first-order valence-corrected chi connectivity index (χ1v) is 6.15. The van der Waals surface area contributed by atoms with Crippen LogP contribution in [0.5, 0.6) is 0 Å². The Bertz CT molecular complexity index is 372. The minimum atomic E-state index is -1.72. The Balaban J connectivity index is 4.82. The molecule has 0 aromatic carbocycles. The van der Waals surface area contributed by atoms with Gasteiger partial charge in [0.15, 0.2) is 0 Å². The zero-order chi connectivity index (χ0) is 15.8. The van der Waals surface area contributed by atoms with Gasteiger partial charge >= 0.3 is 11.9 Å². The summed E-state index contributed by atoms with van der Waals surface area (Å²) in [7, 11) is 0.